The number of halogens is 4. The Morgan fingerprint density at radius 2 is 1.82 bits per heavy atom. The van der Waals surface area contributed by atoms with Crippen LogP contribution in [0, 0.1) is 0 Å². The molecule has 2 heterocycles. The van der Waals surface area contributed by atoms with E-state index in [-0.39, 0.29) is 28.6 Å². The first kappa shape index (κ1) is 22.8. The average Bonchev–Trinajstić information content (AvgIpc) is 3.41. The van der Waals surface area contributed by atoms with Crippen LogP contribution in [0.3, 0.4) is 0 Å². The first-order chi connectivity index (χ1) is 15.6. The molecule has 0 bridgehead atoms. The summed E-state index contributed by atoms with van der Waals surface area (Å²) < 4.78 is 41.3. The molecule has 1 fully saturated rings. The van der Waals surface area contributed by atoms with Crippen molar-refractivity contribution in [2.24, 2.45) is 0 Å². The fourth-order valence-electron chi connectivity index (χ4n) is 3.85. The molecule has 1 aliphatic rings. The van der Waals surface area contributed by atoms with Crippen LogP contribution in [0.15, 0.2) is 54.6 Å². The number of amides is 2. The molecule has 6 nitrogen and oxygen atoms in total. The van der Waals surface area contributed by atoms with Gasteiger partial charge in [0.1, 0.15) is 0 Å². The lowest BCUT2D eigenvalue weighted by Gasteiger charge is -2.17. The van der Waals surface area contributed by atoms with Gasteiger partial charge in [-0.25, -0.2) is 4.68 Å². The Balaban J connectivity index is 1.63. The Hall–Kier alpha value is -3.33. The maximum Gasteiger partial charge on any atom is 0.435 e. The molecule has 1 aliphatic heterocycles. The topological polar surface area (TPSA) is 67.2 Å². The average molecular weight is 477 g/mol. The van der Waals surface area contributed by atoms with Gasteiger partial charge in [0.2, 0.25) is 5.91 Å². The molecule has 0 saturated carbocycles. The van der Waals surface area contributed by atoms with Crippen LogP contribution in [0.1, 0.15) is 29.4 Å². The third-order valence-electron chi connectivity index (χ3n) is 5.39. The SMILES string of the molecule is CC(=O)NC1CCN(C(=O)c2ccc(-c3cc(C(F)(F)F)nn3-c3ccccc3Cl)cc2)C1. The fraction of sp³-hybridized carbons (Fsp3) is 0.261. The lowest BCUT2D eigenvalue weighted by Crippen LogP contribution is -2.37. The fourth-order valence-corrected chi connectivity index (χ4v) is 4.06. The molecular formula is C23H20ClF3N4O2. The summed E-state index contributed by atoms with van der Waals surface area (Å²) in [5, 5.41) is 6.80. The minimum absolute atomic E-state index is 0.0866. The van der Waals surface area contributed by atoms with Gasteiger partial charge in [0, 0.05) is 37.2 Å². The number of likely N-dealkylation sites (tertiary alicyclic amines) is 1. The molecule has 0 aliphatic carbocycles. The molecule has 33 heavy (non-hydrogen) atoms. The van der Waals surface area contributed by atoms with E-state index < -0.39 is 11.9 Å². The van der Waals surface area contributed by atoms with Gasteiger partial charge in [0.15, 0.2) is 5.69 Å². The Labute approximate surface area is 192 Å². The zero-order valence-electron chi connectivity index (χ0n) is 17.6. The van der Waals surface area contributed by atoms with Gasteiger partial charge in [0.05, 0.1) is 16.4 Å². The van der Waals surface area contributed by atoms with E-state index >= 15 is 0 Å². The molecule has 172 valence electrons. The molecule has 1 aromatic heterocycles. The lowest BCUT2D eigenvalue weighted by atomic mass is 10.1. The third kappa shape index (κ3) is 4.88. The number of hydrogen-bond acceptors (Lipinski definition) is 3. The maximum atomic E-state index is 13.4. The Morgan fingerprint density at radius 1 is 1.12 bits per heavy atom. The van der Waals surface area contributed by atoms with Crippen LogP contribution in [0.25, 0.3) is 16.9 Å². The third-order valence-corrected chi connectivity index (χ3v) is 5.71. The minimum atomic E-state index is -4.63. The molecule has 2 aromatic carbocycles. The highest BCUT2D eigenvalue weighted by atomic mass is 35.5. The van der Waals surface area contributed by atoms with Gasteiger partial charge in [-0.1, -0.05) is 35.9 Å². The molecule has 3 aromatic rings. The molecule has 0 spiro atoms. The van der Waals surface area contributed by atoms with Crippen LogP contribution in [0.5, 0.6) is 0 Å². The van der Waals surface area contributed by atoms with Gasteiger partial charge in [-0.15, -0.1) is 0 Å². The van der Waals surface area contributed by atoms with E-state index in [1.807, 2.05) is 0 Å². The zero-order chi connectivity index (χ0) is 23.8. The van der Waals surface area contributed by atoms with Gasteiger partial charge in [-0.3, -0.25) is 9.59 Å². The van der Waals surface area contributed by atoms with Crippen molar-refractivity contribution in [2.45, 2.75) is 25.6 Å². The quantitative estimate of drug-likeness (QED) is 0.600. The second-order valence-electron chi connectivity index (χ2n) is 7.79. The predicted molar refractivity (Wildman–Crippen MR) is 117 cm³/mol. The summed E-state index contributed by atoms with van der Waals surface area (Å²) in [4.78, 5) is 25.7. The summed E-state index contributed by atoms with van der Waals surface area (Å²) in [5.74, 6) is -0.350. The van der Waals surface area contributed by atoms with Gasteiger partial charge >= 0.3 is 6.18 Å². The second-order valence-corrected chi connectivity index (χ2v) is 8.20. The number of aromatic nitrogens is 2. The summed E-state index contributed by atoms with van der Waals surface area (Å²) in [6.45, 7) is 2.36. The predicted octanol–water partition coefficient (Wildman–Crippen LogP) is 4.56. The van der Waals surface area contributed by atoms with Crippen LogP contribution < -0.4 is 5.32 Å². The minimum Gasteiger partial charge on any atom is -0.352 e. The summed E-state index contributed by atoms with van der Waals surface area (Å²) in [5.41, 5.74) is 0.319. The molecule has 10 heteroatoms. The first-order valence-electron chi connectivity index (χ1n) is 10.2. The normalized spacial score (nSPS) is 16.2. The number of alkyl halides is 3. The number of nitrogens with one attached hydrogen (secondary N) is 1. The molecule has 1 unspecified atom stereocenters. The molecule has 2 amide bonds. The van der Waals surface area contributed by atoms with E-state index in [1.54, 1.807) is 53.4 Å². The van der Waals surface area contributed by atoms with Crippen molar-refractivity contribution in [1.29, 1.82) is 0 Å². The zero-order valence-corrected chi connectivity index (χ0v) is 18.3. The van der Waals surface area contributed by atoms with E-state index in [0.29, 0.717) is 36.3 Å². The molecule has 1 saturated heterocycles. The molecular weight excluding hydrogens is 457 g/mol. The van der Waals surface area contributed by atoms with E-state index in [2.05, 4.69) is 10.4 Å². The first-order valence-corrected chi connectivity index (χ1v) is 10.6. The van der Waals surface area contributed by atoms with Crippen LogP contribution >= 0.6 is 11.6 Å². The number of carbonyl (C=O) groups is 2. The second kappa shape index (κ2) is 8.90. The Bertz CT molecular complexity index is 1190. The number of carbonyl (C=O) groups excluding carboxylic acids is 2. The van der Waals surface area contributed by atoms with Gasteiger partial charge < -0.3 is 10.2 Å². The highest BCUT2D eigenvalue weighted by Crippen LogP contribution is 2.34. The molecule has 1 atom stereocenters. The highest BCUT2D eigenvalue weighted by molar-refractivity contribution is 6.32. The number of benzene rings is 2. The lowest BCUT2D eigenvalue weighted by molar-refractivity contribution is -0.141. The summed E-state index contributed by atoms with van der Waals surface area (Å²) in [7, 11) is 0. The number of para-hydroxylation sites is 1. The van der Waals surface area contributed by atoms with Crippen LogP contribution in [0.2, 0.25) is 5.02 Å². The Morgan fingerprint density at radius 3 is 2.45 bits per heavy atom. The van der Waals surface area contributed by atoms with E-state index in [9.17, 15) is 22.8 Å². The van der Waals surface area contributed by atoms with E-state index in [0.717, 1.165) is 10.7 Å². The van der Waals surface area contributed by atoms with Crippen LogP contribution in [0.4, 0.5) is 13.2 Å². The maximum absolute atomic E-state index is 13.4. The highest BCUT2D eigenvalue weighted by Gasteiger charge is 2.35. The monoisotopic (exact) mass is 476 g/mol. The largest absolute Gasteiger partial charge is 0.435 e. The smallest absolute Gasteiger partial charge is 0.352 e. The molecule has 4 rings (SSSR count). The van der Waals surface area contributed by atoms with Crippen molar-refractivity contribution in [3.05, 3.63) is 70.9 Å². The number of nitrogens with zero attached hydrogens (tertiary/aromatic N) is 3. The van der Waals surface area contributed by atoms with Gasteiger partial charge in [-0.05, 0) is 36.8 Å². The summed E-state index contributed by atoms with van der Waals surface area (Å²) in [6, 6.07) is 13.7. The number of hydrogen-bond donors (Lipinski definition) is 1. The van der Waals surface area contributed by atoms with Crippen LogP contribution in [-0.4, -0.2) is 45.6 Å². The molecule has 0 radical (unpaired) electrons. The standard InChI is InChI=1S/C23H20ClF3N4O2/c1-14(32)28-17-10-11-30(13-17)22(33)16-8-6-15(7-9-16)20-12-21(23(25,26)27)29-31(20)19-5-3-2-4-18(19)24/h2-9,12,17H,10-11,13H2,1H3,(H,28,32). The Kier molecular flexibility index (Phi) is 6.16. The van der Waals surface area contributed by atoms with Gasteiger partial charge in [-0.2, -0.15) is 18.3 Å². The summed E-state index contributed by atoms with van der Waals surface area (Å²) in [6.07, 6.45) is -3.96. The van der Waals surface area contributed by atoms with E-state index in [4.69, 9.17) is 11.6 Å². The van der Waals surface area contributed by atoms with Crippen molar-refractivity contribution in [2.75, 3.05) is 13.1 Å². The van der Waals surface area contributed by atoms with E-state index in [1.165, 1.54) is 6.92 Å². The summed E-state index contributed by atoms with van der Waals surface area (Å²) >= 11 is 6.21. The van der Waals surface area contributed by atoms with Crippen LogP contribution in [-0.2, 0) is 11.0 Å². The van der Waals surface area contributed by atoms with Gasteiger partial charge in [0.25, 0.3) is 5.91 Å². The van der Waals surface area contributed by atoms with Crippen molar-refractivity contribution < 1.29 is 22.8 Å². The molecule has 1 N–H and O–H groups in total. The van der Waals surface area contributed by atoms with Crippen molar-refractivity contribution in [3.63, 3.8) is 0 Å². The van der Waals surface area contributed by atoms with Crippen molar-refractivity contribution in [1.82, 2.24) is 20.0 Å². The van der Waals surface area contributed by atoms with Crippen molar-refractivity contribution >= 4 is 23.4 Å². The van der Waals surface area contributed by atoms with Crippen molar-refractivity contribution in [3.8, 4) is 16.9 Å². The number of rotatable bonds is 4.